The molecule has 0 radical (unpaired) electrons. The van der Waals surface area contributed by atoms with Crippen LogP contribution in [0.15, 0.2) is 39.9 Å². The second-order valence-electron chi connectivity index (χ2n) is 5.99. The van der Waals surface area contributed by atoms with Gasteiger partial charge in [-0.15, -0.1) is 22.7 Å². The number of carbonyl (C=O) groups is 2. The van der Waals surface area contributed by atoms with E-state index in [1.807, 2.05) is 31.2 Å². The van der Waals surface area contributed by atoms with E-state index >= 15 is 0 Å². The number of hydrogen-bond donors (Lipinski definition) is 2. The predicted molar refractivity (Wildman–Crippen MR) is 112 cm³/mol. The minimum absolute atomic E-state index is 0.00140. The number of nitrogens with one attached hydrogen (secondary N) is 1. The fraction of sp³-hybridized carbons (Fsp3) is 0.111. The number of carboxylic acids is 1. The van der Waals surface area contributed by atoms with Crippen LogP contribution < -0.4 is 5.32 Å². The number of aromatic carboxylic acids is 1. The van der Waals surface area contributed by atoms with Crippen LogP contribution >= 0.6 is 34.3 Å². The van der Waals surface area contributed by atoms with Gasteiger partial charge in [-0.2, -0.15) is 0 Å². The molecule has 2 N–H and O–H groups in total. The Kier molecular flexibility index (Phi) is 5.62. The molecule has 2 heterocycles. The third-order valence-corrected chi connectivity index (χ3v) is 7.77. The Balaban J connectivity index is 1.97. The van der Waals surface area contributed by atoms with E-state index in [4.69, 9.17) is 11.6 Å². The molecular formula is C18H14ClNO5S3. The first kappa shape index (κ1) is 20.5. The number of carboxylic acid groups (broad SMARTS) is 1. The Morgan fingerprint density at radius 3 is 2.29 bits per heavy atom. The molecule has 0 aliphatic carbocycles. The van der Waals surface area contributed by atoms with Gasteiger partial charge in [0, 0.05) is 17.0 Å². The van der Waals surface area contributed by atoms with E-state index in [1.165, 1.54) is 22.1 Å². The smallest absolute Gasteiger partial charge is 0.339 e. The molecule has 6 nitrogen and oxygen atoms in total. The number of thiophene rings is 2. The van der Waals surface area contributed by atoms with Crippen LogP contribution in [0.3, 0.4) is 0 Å². The summed E-state index contributed by atoms with van der Waals surface area (Å²) in [4.78, 5) is 24.8. The molecule has 0 bridgehead atoms. The van der Waals surface area contributed by atoms with Crippen molar-refractivity contribution in [3.8, 4) is 10.4 Å². The second-order valence-corrected chi connectivity index (χ2v) is 10.1. The molecule has 0 aliphatic heterocycles. The molecule has 28 heavy (non-hydrogen) atoms. The number of benzene rings is 1. The lowest BCUT2D eigenvalue weighted by Gasteiger charge is -2.06. The van der Waals surface area contributed by atoms with Crippen molar-refractivity contribution in [1.82, 2.24) is 0 Å². The molecular weight excluding hydrogens is 442 g/mol. The maximum atomic E-state index is 12.6. The van der Waals surface area contributed by atoms with E-state index in [0.717, 1.165) is 28.7 Å². The largest absolute Gasteiger partial charge is 0.478 e. The molecule has 3 aromatic rings. The van der Waals surface area contributed by atoms with Crippen LogP contribution in [0.1, 0.15) is 25.6 Å². The van der Waals surface area contributed by atoms with Crippen molar-refractivity contribution in [3.63, 3.8) is 0 Å². The van der Waals surface area contributed by atoms with Crippen LogP contribution in [-0.4, -0.2) is 31.7 Å². The molecule has 0 fully saturated rings. The molecule has 0 atom stereocenters. The van der Waals surface area contributed by atoms with Gasteiger partial charge in [-0.3, -0.25) is 4.79 Å². The molecule has 2 aromatic heterocycles. The van der Waals surface area contributed by atoms with Crippen molar-refractivity contribution < 1.29 is 23.1 Å². The van der Waals surface area contributed by atoms with Crippen LogP contribution in [0.25, 0.3) is 10.4 Å². The summed E-state index contributed by atoms with van der Waals surface area (Å²) in [5, 5.41) is 14.8. The standard InChI is InChI=1S/C18H14ClNO5S3/c1-9-3-5-10(6-4-9)15-13(18(22)23)11(7-26-15)20-17(21)16-14(19)12(8-27-16)28(2,24)25/h3-8H,1-2H3,(H,20,21)(H,22,23). The zero-order chi connectivity index (χ0) is 20.6. The Hall–Kier alpha value is -2.20. The molecule has 10 heteroatoms. The summed E-state index contributed by atoms with van der Waals surface area (Å²) in [5.41, 5.74) is 1.86. The minimum Gasteiger partial charge on any atom is -0.478 e. The van der Waals surface area contributed by atoms with Gasteiger partial charge in [0.25, 0.3) is 5.91 Å². The molecule has 1 aromatic carbocycles. The van der Waals surface area contributed by atoms with Gasteiger partial charge in [-0.1, -0.05) is 41.4 Å². The van der Waals surface area contributed by atoms with Crippen LogP contribution in [-0.2, 0) is 9.84 Å². The third kappa shape index (κ3) is 3.97. The molecule has 0 aliphatic rings. The average Bonchev–Trinajstić information content (AvgIpc) is 3.19. The van der Waals surface area contributed by atoms with Gasteiger partial charge in [-0.25, -0.2) is 13.2 Å². The molecule has 0 saturated heterocycles. The molecule has 3 rings (SSSR count). The van der Waals surface area contributed by atoms with Gasteiger partial charge in [0.05, 0.1) is 20.5 Å². The van der Waals surface area contributed by atoms with Gasteiger partial charge in [0.15, 0.2) is 9.84 Å². The van der Waals surface area contributed by atoms with Crippen LogP contribution in [0.5, 0.6) is 0 Å². The third-order valence-electron chi connectivity index (χ3n) is 3.87. The lowest BCUT2D eigenvalue weighted by Crippen LogP contribution is -2.13. The van der Waals surface area contributed by atoms with E-state index in [2.05, 4.69) is 5.32 Å². The molecule has 0 saturated carbocycles. The van der Waals surface area contributed by atoms with Crippen molar-refractivity contribution in [1.29, 1.82) is 0 Å². The highest BCUT2D eigenvalue weighted by molar-refractivity contribution is 7.91. The number of sulfone groups is 1. The summed E-state index contributed by atoms with van der Waals surface area (Å²) >= 11 is 8.12. The SMILES string of the molecule is Cc1ccc(-c2scc(NC(=O)c3scc(S(C)(=O)=O)c3Cl)c2C(=O)O)cc1. The number of amides is 1. The Bertz CT molecular complexity index is 1180. The van der Waals surface area contributed by atoms with Crippen LogP contribution in [0.2, 0.25) is 5.02 Å². The van der Waals surface area contributed by atoms with E-state index in [9.17, 15) is 23.1 Å². The fourth-order valence-electron chi connectivity index (χ4n) is 2.49. The summed E-state index contributed by atoms with van der Waals surface area (Å²) in [5.74, 6) is -1.85. The Morgan fingerprint density at radius 1 is 1.11 bits per heavy atom. The zero-order valence-corrected chi connectivity index (χ0v) is 17.9. The van der Waals surface area contributed by atoms with Crippen LogP contribution in [0.4, 0.5) is 5.69 Å². The maximum absolute atomic E-state index is 12.6. The number of aryl methyl sites for hydroxylation is 1. The average molecular weight is 456 g/mol. The maximum Gasteiger partial charge on any atom is 0.339 e. The van der Waals surface area contributed by atoms with Crippen LogP contribution in [0, 0.1) is 6.92 Å². The fourth-order valence-corrected chi connectivity index (χ4v) is 6.30. The van der Waals surface area contributed by atoms with Crippen molar-refractivity contribution in [2.45, 2.75) is 11.8 Å². The molecule has 1 amide bonds. The Labute approximate surface area is 174 Å². The minimum atomic E-state index is -3.57. The monoisotopic (exact) mass is 455 g/mol. The first-order valence-corrected chi connectivity index (χ1v) is 11.8. The summed E-state index contributed by atoms with van der Waals surface area (Å²) in [6.07, 6.45) is 0.998. The lowest BCUT2D eigenvalue weighted by molar-refractivity contribution is 0.0699. The van der Waals surface area contributed by atoms with Crippen molar-refractivity contribution >= 4 is 61.7 Å². The van der Waals surface area contributed by atoms with Crippen molar-refractivity contribution in [2.24, 2.45) is 0 Å². The Morgan fingerprint density at radius 2 is 1.75 bits per heavy atom. The zero-order valence-electron chi connectivity index (χ0n) is 14.6. The van der Waals surface area contributed by atoms with Crippen molar-refractivity contribution in [3.05, 3.63) is 56.1 Å². The first-order valence-electron chi connectivity index (χ1n) is 7.79. The van der Waals surface area contributed by atoms with E-state index in [1.54, 1.807) is 0 Å². The topological polar surface area (TPSA) is 101 Å². The molecule has 0 spiro atoms. The number of carbonyl (C=O) groups excluding carboxylic acids is 1. The highest BCUT2D eigenvalue weighted by atomic mass is 35.5. The summed E-state index contributed by atoms with van der Waals surface area (Å²) in [6, 6.07) is 7.37. The van der Waals surface area contributed by atoms with Crippen molar-refractivity contribution in [2.75, 3.05) is 11.6 Å². The summed E-state index contributed by atoms with van der Waals surface area (Å²) < 4.78 is 23.4. The van der Waals surface area contributed by atoms with Gasteiger partial charge >= 0.3 is 5.97 Å². The molecule has 0 unspecified atom stereocenters. The second kappa shape index (κ2) is 7.67. The molecule has 146 valence electrons. The lowest BCUT2D eigenvalue weighted by atomic mass is 10.1. The number of hydrogen-bond acceptors (Lipinski definition) is 6. The predicted octanol–water partition coefficient (Wildman–Crippen LogP) is 4.79. The van der Waals surface area contributed by atoms with Gasteiger partial charge in [0.1, 0.15) is 10.4 Å². The highest BCUT2D eigenvalue weighted by Gasteiger charge is 2.25. The van der Waals surface area contributed by atoms with E-state index in [0.29, 0.717) is 4.88 Å². The number of anilines is 1. The van der Waals surface area contributed by atoms with Gasteiger partial charge in [-0.05, 0) is 12.5 Å². The normalized spacial score (nSPS) is 11.4. The first-order chi connectivity index (χ1) is 13.1. The van der Waals surface area contributed by atoms with E-state index < -0.39 is 21.7 Å². The van der Waals surface area contributed by atoms with Gasteiger partial charge in [0.2, 0.25) is 0 Å². The highest BCUT2D eigenvalue weighted by Crippen LogP contribution is 2.37. The summed E-state index contributed by atoms with van der Waals surface area (Å²) in [7, 11) is -3.57. The van der Waals surface area contributed by atoms with Gasteiger partial charge < -0.3 is 10.4 Å². The van der Waals surface area contributed by atoms with E-state index in [-0.39, 0.29) is 26.0 Å². The number of rotatable bonds is 5. The number of halogens is 1. The summed E-state index contributed by atoms with van der Waals surface area (Å²) in [6.45, 7) is 1.93. The quantitative estimate of drug-likeness (QED) is 0.575.